The first kappa shape index (κ1) is 13.9. The van der Waals surface area contributed by atoms with Crippen LogP contribution in [0.25, 0.3) is 0 Å². The van der Waals surface area contributed by atoms with E-state index in [4.69, 9.17) is 0 Å². The lowest BCUT2D eigenvalue weighted by Gasteiger charge is -2.21. The SMILES string of the molecule is CNc1cc(C)ccc1C(=O)N1CCC(N(C)C)C1. The van der Waals surface area contributed by atoms with Crippen molar-refractivity contribution in [1.82, 2.24) is 9.80 Å². The Hall–Kier alpha value is -1.55. The van der Waals surface area contributed by atoms with Gasteiger partial charge in [0.25, 0.3) is 5.91 Å². The smallest absolute Gasteiger partial charge is 0.256 e. The number of carbonyl (C=O) groups is 1. The fraction of sp³-hybridized carbons (Fsp3) is 0.533. The van der Waals surface area contributed by atoms with Gasteiger partial charge in [0.15, 0.2) is 0 Å². The number of nitrogens with zero attached hydrogens (tertiary/aromatic N) is 2. The summed E-state index contributed by atoms with van der Waals surface area (Å²) in [5, 5.41) is 3.12. The standard InChI is InChI=1S/C15H23N3O/c1-11-5-6-13(14(9-11)16-2)15(19)18-8-7-12(10-18)17(3)4/h5-6,9,12,16H,7-8,10H2,1-4H3. The van der Waals surface area contributed by atoms with E-state index in [0.29, 0.717) is 6.04 Å². The highest BCUT2D eigenvalue weighted by Gasteiger charge is 2.28. The molecule has 0 radical (unpaired) electrons. The number of benzene rings is 1. The Morgan fingerprint density at radius 1 is 1.42 bits per heavy atom. The Labute approximate surface area is 115 Å². The van der Waals surface area contributed by atoms with Gasteiger partial charge in [0.2, 0.25) is 0 Å². The van der Waals surface area contributed by atoms with Crippen LogP contribution in [0.5, 0.6) is 0 Å². The molecule has 0 aromatic heterocycles. The van der Waals surface area contributed by atoms with Crippen molar-refractivity contribution in [3.05, 3.63) is 29.3 Å². The molecule has 1 aromatic carbocycles. The highest BCUT2D eigenvalue weighted by molar-refractivity contribution is 5.99. The van der Waals surface area contributed by atoms with E-state index in [-0.39, 0.29) is 5.91 Å². The van der Waals surface area contributed by atoms with E-state index in [1.54, 1.807) is 0 Å². The van der Waals surface area contributed by atoms with Gasteiger partial charge in [-0.25, -0.2) is 0 Å². The van der Waals surface area contributed by atoms with Gasteiger partial charge in [-0.05, 0) is 45.1 Å². The Bertz CT molecular complexity index is 470. The van der Waals surface area contributed by atoms with Crippen molar-refractivity contribution in [1.29, 1.82) is 0 Å². The van der Waals surface area contributed by atoms with E-state index in [0.717, 1.165) is 36.3 Å². The van der Waals surface area contributed by atoms with Gasteiger partial charge in [-0.3, -0.25) is 4.79 Å². The molecule has 0 bridgehead atoms. The third-order valence-electron chi connectivity index (χ3n) is 3.86. The van der Waals surface area contributed by atoms with Crippen LogP contribution >= 0.6 is 0 Å². The quantitative estimate of drug-likeness (QED) is 0.901. The predicted molar refractivity (Wildman–Crippen MR) is 78.7 cm³/mol. The van der Waals surface area contributed by atoms with Crippen molar-refractivity contribution in [3.63, 3.8) is 0 Å². The lowest BCUT2D eigenvalue weighted by molar-refractivity contribution is 0.0784. The van der Waals surface area contributed by atoms with Crippen molar-refractivity contribution in [2.45, 2.75) is 19.4 Å². The topological polar surface area (TPSA) is 35.6 Å². The zero-order valence-electron chi connectivity index (χ0n) is 12.2. The first-order chi connectivity index (χ1) is 9.02. The van der Waals surface area contributed by atoms with E-state index < -0.39 is 0 Å². The second-order valence-electron chi connectivity index (χ2n) is 5.46. The molecule has 1 heterocycles. The van der Waals surface area contributed by atoms with Crippen LogP contribution in [0.4, 0.5) is 5.69 Å². The molecule has 1 aliphatic heterocycles. The van der Waals surface area contributed by atoms with Crippen LogP contribution in [-0.4, -0.2) is 56.0 Å². The van der Waals surface area contributed by atoms with Crippen molar-refractivity contribution < 1.29 is 4.79 Å². The third-order valence-corrected chi connectivity index (χ3v) is 3.86. The zero-order valence-corrected chi connectivity index (χ0v) is 12.2. The average Bonchev–Trinajstić information content (AvgIpc) is 2.87. The van der Waals surface area contributed by atoms with Gasteiger partial charge in [0, 0.05) is 31.9 Å². The normalized spacial score (nSPS) is 19.0. The number of anilines is 1. The summed E-state index contributed by atoms with van der Waals surface area (Å²) in [7, 11) is 6.01. The molecule has 19 heavy (non-hydrogen) atoms. The summed E-state index contributed by atoms with van der Waals surface area (Å²) in [5.74, 6) is 0.133. The number of hydrogen-bond acceptors (Lipinski definition) is 3. The molecule has 0 aliphatic carbocycles. The maximum Gasteiger partial charge on any atom is 0.256 e. The molecule has 1 fully saturated rings. The van der Waals surface area contributed by atoms with Gasteiger partial charge in [-0.15, -0.1) is 0 Å². The predicted octanol–water partition coefficient (Wildman–Crippen LogP) is 1.81. The molecule has 1 aliphatic rings. The molecule has 0 spiro atoms. The molecule has 1 amide bonds. The molecule has 104 valence electrons. The highest BCUT2D eigenvalue weighted by Crippen LogP contribution is 2.22. The Kier molecular flexibility index (Phi) is 4.10. The van der Waals surface area contributed by atoms with E-state index in [9.17, 15) is 4.79 Å². The molecule has 4 nitrogen and oxygen atoms in total. The summed E-state index contributed by atoms with van der Waals surface area (Å²) in [4.78, 5) is 16.7. The number of hydrogen-bond donors (Lipinski definition) is 1. The largest absolute Gasteiger partial charge is 0.387 e. The minimum absolute atomic E-state index is 0.133. The third kappa shape index (κ3) is 2.89. The van der Waals surface area contributed by atoms with Gasteiger partial charge >= 0.3 is 0 Å². The summed E-state index contributed by atoms with van der Waals surface area (Å²) >= 11 is 0. The number of likely N-dealkylation sites (tertiary alicyclic amines) is 1. The van der Waals surface area contributed by atoms with Crippen LogP contribution in [-0.2, 0) is 0 Å². The van der Waals surface area contributed by atoms with Crippen molar-refractivity contribution in [2.24, 2.45) is 0 Å². The fourth-order valence-corrected chi connectivity index (χ4v) is 2.57. The Morgan fingerprint density at radius 2 is 2.16 bits per heavy atom. The minimum atomic E-state index is 0.133. The van der Waals surface area contributed by atoms with Crippen LogP contribution in [0.3, 0.4) is 0 Å². The second kappa shape index (κ2) is 5.61. The Morgan fingerprint density at radius 3 is 2.74 bits per heavy atom. The van der Waals surface area contributed by atoms with Gasteiger partial charge in [0.1, 0.15) is 0 Å². The molecule has 1 aromatic rings. The van der Waals surface area contributed by atoms with Crippen LogP contribution in [0.2, 0.25) is 0 Å². The zero-order chi connectivity index (χ0) is 14.0. The maximum atomic E-state index is 12.6. The molecule has 2 rings (SSSR count). The van der Waals surface area contributed by atoms with Crippen LogP contribution in [0.1, 0.15) is 22.3 Å². The number of likely N-dealkylation sites (N-methyl/N-ethyl adjacent to an activating group) is 1. The average molecular weight is 261 g/mol. The molecule has 4 heteroatoms. The van der Waals surface area contributed by atoms with E-state index >= 15 is 0 Å². The number of carbonyl (C=O) groups excluding carboxylic acids is 1. The van der Waals surface area contributed by atoms with E-state index in [2.05, 4.69) is 24.3 Å². The van der Waals surface area contributed by atoms with Crippen molar-refractivity contribution in [3.8, 4) is 0 Å². The maximum absolute atomic E-state index is 12.6. The van der Waals surface area contributed by atoms with Crippen LogP contribution in [0.15, 0.2) is 18.2 Å². The summed E-state index contributed by atoms with van der Waals surface area (Å²) in [6.07, 6.45) is 1.06. The molecule has 1 saturated heterocycles. The van der Waals surface area contributed by atoms with E-state index in [1.165, 1.54) is 0 Å². The summed E-state index contributed by atoms with van der Waals surface area (Å²) in [6, 6.07) is 6.42. The number of rotatable bonds is 3. The number of nitrogens with one attached hydrogen (secondary N) is 1. The minimum Gasteiger partial charge on any atom is -0.387 e. The molecular weight excluding hydrogens is 238 g/mol. The van der Waals surface area contributed by atoms with Crippen LogP contribution in [0, 0.1) is 6.92 Å². The summed E-state index contributed by atoms with van der Waals surface area (Å²) < 4.78 is 0. The van der Waals surface area contributed by atoms with Gasteiger partial charge < -0.3 is 15.1 Å². The highest BCUT2D eigenvalue weighted by atomic mass is 16.2. The molecule has 0 saturated carbocycles. The van der Waals surface area contributed by atoms with Crippen LogP contribution < -0.4 is 5.32 Å². The first-order valence-electron chi connectivity index (χ1n) is 6.77. The van der Waals surface area contributed by atoms with Gasteiger partial charge in [0.05, 0.1) is 5.56 Å². The monoisotopic (exact) mass is 261 g/mol. The fourth-order valence-electron chi connectivity index (χ4n) is 2.57. The van der Waals surface area contributed by atoms with Gasteiger partial charge in [-0.1, -0.05) is 6.07 Å². The van der Waals surface area contributed by atoms with E-state index in [1.807, 2.05) is 37.1 Å². The summed E-state index contributed by atoms with van der Waals surface area (Å²) in [5.41, 5.74) is 2.85. The molecule has 1 atom stereocenters. The first-order valence-corrected chi connectivity index (χ1v) is 6.77. The number of aryl methyl sites for hydroxylation is 1. The lowest BCUT2D eigenvalue weighted by atomic mass is 10.1. The molecular formula is C15H23N3O. The lowest BCUT2D eigenvalue weighted by Crippen LogP contribution is -2.34. The second-order valence-corrected chi connectivity index (χ2v) is 5.46. The molecule has 1 N–H and O–H groups in total. The van der Waals surface area contributed by atoms with Gasteiger partial charge in [-0.2, -0.15) is 0 Å². The van der Waals surface area contributed by atoms with Crippen molar-refractivity contribution >= 4 is 11.6 Å². The number of amides is 1. The molecule has 1 unspecified atom stereocenters. The Balaban J connectivity index is 2.17. The van der Waals surface area contributed by atoms with Crippen molar-refractivity contribution in [2.75, 3.05) is 39.5 Å². The summed E-state index contributed by atoms with van der Waals surface area (Å²) in [6.45, 7) is 3.70.